The summed E-state index contributed by atoms with van der Waals surface area (Å²) in [5.74, 6) is -2.06. The highest BCUT2D eigenvalue weighted by Gasteiger charge is 2.38. The van der Waals surface area contributed by atoms with Crippen LogP contribution < -0.4 is 5.32 Å². The maximum Gasteiger partial charge on any atom is 0.471 e. The SMILES string of the molecule is [N-]=[N+]=NC(=O)N1CCN(C(=O)CCCCCNC(=O)C(F)(F)F)CC1. The van der Waals surface area contributed by atoms with Crippen LogP contribution in [0.3, 0.4) is 0 Å². The summed E-state index contributed by atoms with van der Waals surface area (Å²) in [5, 5.41) is 4.76. The van der Waals surface area contributed by atoms with E-state index in [0.29, 0.717) is 32.4 Å². The van der Waals surface area contributed by atoms with E-state index < -0.39 is 18.1 Å². The minimum Gasteiger partial charge on any atom is -0.348 e. The van der Waals surface area contributed by atoms with E-state index in [1.807, 2.05) is 0 Å². The number of azide groups is 1. The maximum atomic E-state index is 12.0. The molecule has 1 saturated heterocycles. The number of hydrogen-bond acceptors (Lipinski definition) is 3. The fraction of sp³-hybridized carbons (Fsp3) is 0.769. The third-order valence-corrected chi connectivity index (χ3v) is 3.64. The van der Waals surface area contributed by atoms with Crippen molar-refractivity contribution in [3.8, 4) is 0 Å². The van der Waals surface area contributed by atoms with Crippen LogP contribution in [0.4, 0.5) is 18.0 Å². The third-order valence-electron chi connectivity index (χ3n) is 3.64. The number of carbonyl (C=O) groups is 3. The smallest absolute Gasteiger partial charge is 0.348 e. The number of halogens is 3. The van der Waals surface area contributed by atoms with Crippen molar-refractivity contribution in [3.05, 3.63) is 10.4 Å². The van der Waals surface area contributed by atoms with E-state index in [9.17, 15) is 27.6 Å². The summed E-state index contributed by atoms with van der Waals surface area (Å²) >= 11 is 0. The van der Waals surface area contributed by atoms with Gasteiger partial charge in [0.25, 0.3) is 0 Å². The molecule has 12 heteroatoms. The Balaban J connectivity index is 2.15. The first kappa shape index (κ1) is 20.6. The lowest BCUT2D eigenvalue weighted by Gasteiger charge is -2.34. The highest BCUT2D eigenvalue weighted by Crippen LogP contribution is 2.14. The van der Waals surface area contributed by atoms with Gasteiger partial charge in [-0.2, -0.15) is 13.2 Å². The van der Waals surface area contributed by atoms with Crippen molar-refractivity contribution in [1.29, 1.82) is 0 Å². The first-order valence-corrected chi connectivity index (χ1v) is 7.72. The van der Waals surface area contributed by atoms with Crippen LogP contribution in [0, 0.1) is 0 Å². The van der Waals surface area contributed by atoms with E-state index in [-0.39, 0.29) is 32.0 Å². The summed E-state index contributed by atoms with van der Waals surface area (Å²) in [5.41, 5.74) is 8.20. The summed E-state index contributed by atoms with van der Waals surface area (Å²) in [6.07, 6.45) is -3.27. The molecule has 0 spiro atoms. The molecule has 0 radical (unpaired) electrons. The second-order valence-electron chi connectivity index (χ2n) is 5.40. The standard InChI is InChI=1S/C13H19F3N6O3/c14-13(15,16)11(24)18-5-3-1-2-4-10(23)21-6-8-22(9-7-21)12(25)19-20-17/h1-9H2,(H,18,24). The zero-order valence-electron chi connectivity index (χ0n) is 13.5. The maximum absolute atomic E-state index is 12.0. The Morgan fingerprint density at radius 3 is 2.20 bits per heavy atom. The number of nitrogens with one attached hydrogen (secondary N) is 1. The number of urea groups is 1. The lowest BCUT2D eigenvalue weighted by Crippen LogP contribution is -2.49. The van der Waals surface area contributed by atoms with Crippen molar-refractivity contribution >= 4 is 17.8 Å². The summed E-state index contributed by atoms with van der Waals surface area (Å²) in [7, 11) is 0. The summed E-state index contributed by atoms with van der Waals surface area (Å²) < 4.78 is 35.8. The van der Waals surface area contributed by atoms with Crippen LogP contribution in [0.1, 0.15) is 25.7 Å². The average molecular weight is 364 g/mol. The molecule has 1 aliphatic rings. The van der Waals surface area contributed by atoms with E-state index in [2.05, 4.69) is 10.0 Å². The molecule has 0 bridgehead atoms. The van der Waals surface area contributed by atoms with Gasteiger partial charge < -0.3 is 15.1 Å². The number of unbranched alkanes of at least 4 members (excludes halogenated alkanes) is 2. The molecule has 0 atom stereocenters. The van der Waals surface area contributed by atoms with Crippen LogP contribution in [0.25, 0.3) is 10.4 Å². The van der Waals surface area contributed by atoms with Crippen LogP contribution in [-0.2, 0) is 9.59 Å². The quantitative estimate of drug-likeness (QED) is 0.335. The van der Waals surface area contributed by atoms with Crippen molar-refractivity contribution in [2.45, 2.75) is 31.9 Å². The third kappa shape index (κ3) is 7.29. The first-order valence-electron chi connectivity index (χ1n) is 7.72. The van der Waals surface area contributed by atoms with Crippen LogP contribution in [0.2, 0.25) is 0 Å². The molecule has 0 aromatic heterocycles. The van der Waals surface area contributed by atoms with Crippen molar-refractivity contribution in [2.24, 2.45) is 5.11 Å². The molecular weight excluding hydrogens is 345 g/mol. The molecular formula is C13H19F3N6O3. The summed E-state index contributed by atoms with van der Waals surface area (Å²) in [6, 6.07) is -0.671. The largest absolute Gasteiger partial charge is 0.471 e. The molecule has 0 aromatic carbocycles. The number of alkyl halides is 3. The molecule has 0 unspecified atom stereocenters. The van der Waals surface area contributed by atoms with Gasteiger partial charge in [-0.05, 0) is 18.4 Å². The van der Waals surface area contributed by atoms with E-state index in [1.165, 1.54) is 4.90 Å². The fourth-order valence-corrected chi connectivity index (χ4v) is 2.29. The van der Waals surface area contributed by atoms with Gasteiger partial charge in [0, 0.05) is 49.2 Å². The molecule has 1 heterocycles. The van der Waals surface area contributed by atoms with Crippen LogP contribution >= 0.6 is 0 Å². The highest BCUT2D eigenvalue weighted by atomic mass is 19.4. The summed E-state index contributed by atoms with van der Waals surface area (Å²) in [4.78, 5) is 39.3. The lowest BCUT2D eigenvalue weighted by atomic mass is 10.1. The predicted octanol–water partition coefficient (Wildman–Crippen LogP) is 1.80. The molecule has 9 nitrogen and oxygen atoms in total. The fourth-order valence-electron chi connectivity index (χ4n) is 2.29. The highest BCUT2D eigenvalue weighted by molar-refractivity contribution is 5.81. The lowest BCUT2D eigenvalue weighted by molar-refractivity contribution is -0.173. The number of hydrogen-bond donors (Lipinski definition) is 1. The molecule has 4 amide bonds. The normalized spacial score (nSPS) is 14.7. The van der Waals surface area contributed by atoms with Crippen LogP contribution in [-0.4, -0.2) is 66.5 Å². The molecule has 0 saturated carbocycles. The first-order chi connectivity index (χ1) is 11.8. The molecule has 25 heavy (non-hydrogen) atoms. The van der Waals surface area contributed by atoms with Crippen molar-refractivity contribution in [2.75, 3.05) is 32.7 Å². The summed E-state index contributed by atoms with van der Waals surface area (Å²) in [6.45, 7) is 1.16. The number of amides is 4. The van der Waals surface area contributed by atoms with Gasteiger partial charge in [0.15, 0.2) is 0 Å². The number of carbonyl (C=O) groups excluding carboxylic acids is 3. The Morgan fingerprint density at radius 2 is 1.64 bits per heavy atom. The number of rotatable bonds is 6. The second kappa shape index (κ2) is 9.72. The van der Waals surface area contributed by atoms with Gasteiger partial charge in [0.05, 0.1) is 0 Å². The Labute approximate surface area is 141 Å². The minimum atomic E-state index is -4.88. The zero-order chi connectivity index (χ0) is 18.9. The molecule has 1 aliphatic heterocycles. The van der Waals surface area contributed by atoms with Crippen molar-refractivity contribution < 1.29 is 27.6 Å². The van der Waals surface area contributed by atoms with Crippen LogP contribution in [0.15, 0.2) is 5.11 Å². The van der Waals surface area contributed by atoms with E-state index >= 15 is 0 Å². The Kier molecular flexibility index (Phi) is 7.99. The van der Waals surface area contributed by atoms with Gasteiger partial charge in [0.2, 0.25) is 5.91 Å². The van der Waals surface area contributed by atoms with E-state index in [4.69, 9.17) is 5.53 Å². The van der Waals surface area contributed by atoms with Gasteiger partial charge in [-0.25, -0.2) is 0 Å². The predicted molar refractivity (Wildman–Crippen MR) is 80.2 cm³/mol. The van der Waals surface area contributed by atoms with Crippen molar-refractivity contribution in [3.63, 3.8) is 0 Å². The molecule has 0 aliphatic carbocycles. The van der Waals surface area contributed by atoms with Crippen LogP contribution in [0.5, 0.6) is 0 Å². The second-order valence-corrected chi connectivity index (χ2v) is 5.40. The number of piperazine rings is 1. The number of nitrogens with zero attached hydrogens (tertiary/aromatic N) is 5. The van der Waals surface area contributed by atoms with Gasteiger partial charge in [-0.3, -0.25) is 14.4 Å². The monoisotopic (exact) mass is 364 g/mol. The molecule has 1 fully saturated rings. The topological polar surface area (TPSA) is 118 Å². The Hall–Kier alpha value is -2.49. The molecule has 1 N–H and O–H groups in total. The minimum absolute atomic E-state index is 0.0905. The zero-order valence-corrected chi connectivity index (χ0v) is 13.5. The molecule has 0 aromatic rings. The van der Waals surface area contributed by atoms with Gasteiger partial charge in [0.1, 0.15) is 0 Å². The van der Waals surface area contributed by atoms with Gasteiger partial charge in [-0.1, -0.05) is 6.42 Å². The Bertz CT molecular complexity index is 540. The molecule has 1 rings (SSSR count). The van der Waals surface area contributed by atoms with Gasteiger partial charge >= 0.3 is 18.1 Å². The molecule has 140 valence electrons. The van der Waals surface area contributed by atoms with E-state index in [0.717, 1.165) is 0 Å². The average Bonchev–Trinajstić information content (AvgIpc) is 2.57. The van der Waals surface area contributed by atoms with Crippen molar-refractivity contribution in [1.82, 2.24) is 15.1 Å². The van der Waals surface area contributed by atoms with E-state index in [1.54, 1.807) is 10.2 Å². The van der Waals surface area contributed by atoms with Gasteiger partial charge in [-0.15, -0.1) is 0 Å². The Morgan fingerprint density at radius 1 is 1.04 bits per heavy atom.